The number of hydrogen-bond donors (Lipinski definition) is 0. The summed E-state index contributed by atoms with van der Waals surface area (Å²) in [5.41, 5.74) is 0. The molecule has 0 aromatic carbocycles. The summed E-state index contributed by atoms with van der Waals surface area (Å²) in [6.45, 7) is 14.6. The molecule has 8 nitrogen and oxygen atoms in total. The summed E-state index contributed by atoms with van der Waals surface area (Å²) < 4.78 is 55.1. The maximum Gasteiger partial charge on any atom is 0.474 e. The van der Waals surface area contributed by atoms with E-state index < -0.39 is 15.6 Å². The summed E-state index contributed by atoms with van der Waals surface area (Å²) in [5.74, 6) is 0. The van der Waals surface area contributed by atoms with Crippen LogP contribution in [-0.4, -0.2) is 39.6 Å². The first-order valence-corrected chi connectivity index (χ1v) is 14.9. The molecule has 31 heavy (non-hydrogen) atoms. The molecule has 0 fully saturated rings. The van der Waals surface area contributed by atoms with Crippen LogP contribution < -0.4 is 0 Å². The Kier molecular flexibility index (Phi) is 25.2. The van der Waals surface area contributed by atoms with Crippen molar-refractivity contribution in [3.05, 3.63) is 0 Å². The summed E-state index contributed by atoms with van der Waals surface area (Å²) in [4.78, 5) is 0. The van der Waals surface area contributed by atoms with Gasteiger partial charge in [-0.25, -0.2) is 9.13 Å². The standard InChI is InChI=1S/C11H25O4P.C10H23O4P/c1-4-7-10-14-16(12,13-9-6-3)15-11-8-5-2;1-4-7-10-14-15(11,12-8-5-2)13-9-6-3/h4-11H2,1-3H3;4-10H2,1-3H3. The van der Waals surface area contributed by atoms with Gasteiger partial charge in [0.25, 0.3) is 0 Å². The van der Waals surface area contributed by atoms with Crippen molar-refractivity contribution in [1.82, 2.24) is 0 Å². The van der Waals surface area contributed by atoms with Crippen LogP contribution in [-0.2, 0) is 36.3 Å². The average Bonchev–Trinajstić information content (AvgIpc) is 2.76. The van der Waals surface area contributed by atoms with E-state index in [1.807, 2.05) is 27.7 Å². The van der Waals surface area contributed by atoms with Gasteiger partial charge in [0.2, 0.25) is 0 Å². The van der Waals surface area contributed by atoms with Gasteiger partial charge in [-0.1, -0.05) is 60.8 Å². The van der Waals surface area contributed by atoms with E-state index in [2.05, 4.69) is 13.8 Å². The first-order chi connectivity index (χ1) is 14.9. The minimum atomic E-state index is -3.30. The average molecular weight is 491 g/mol. The second-order valence-electron chi connectivity index (χ2n) is 6.95. The lowest BCUT2D eigenvalue weighted by molar-refractivity contribution is 0.110. The van der Waals surface area contributed by atoms with Crippen molar-refractivity contribution in [2.75, 3.05) is 39.6 Å². The van der Waals surface area contributed by atoms with Crippen LogP contribution in [0.15, 0.2) is 0 Å². The van der Waals surface area contributed by atoms with Crippen molar-refractivity contribution in [2.45, 2.75) is 99.3 Å². The van der Waals surface area contributed by atoms with Crippen LogP contribution in [0.25, 0.3) is 0 Å². The molecule has 0 aromatic heterocycles. The molecule has 190 valence electrons. The molecule has 0 aromatic rings. The Morgan fingerprint density at radius 1 is 0.387 bits per heavy atom. The van der Waals surface area contributed by atoms with Gasteiger partial charge in [0.15, 0.2) is 0 Å². The molecule has 0 rings (SSSR count). The normalized spacial score (nSPS) is 11.9. The van der Waals surface area contributed by atoms with Crippen molar-refractivity contribution in [3.63, 3.8) is 0 Å². The molecule has 0 spiro atoms. The van der Waals surface area contributed by atoms with Crippen LogP contribution >= 0.6 is 15.6 Å². The molecule has 0 aliphatic carbocycles. The Balaban J connectivity index is 0. The van der Waals surface area contributed by atoms with E-state index in [1.165, 1.54) is 0 Å². The van der Waals surface area contributed by atoms with Gasteiger partial charge in [-0.2, -0.15) is 0 Å². The van der Waals surface area contributed by atoms with E-state index in [0.29, 0.717) is 39.6 Å². The second kappa shape index (κ2) is 23.4. The number of unbranched alkanes of at least 4 members (excludes halogenated alkanes) is 3. The monoisotopic (exact) mass is 490 g/mol. The highest BCUT2D eigenvalue weighted by atomic mass is 31.2. The smallest absolute Gasteiger partial charge is 0.287 e. The summed E-state index contributed by atoms with van der Waals surface area (Å²) in [6.07, 6.45) is 8.03. The van der Waals surface area contributed by atoms with Gasteiger partial charge in [0, 0.05) is 0 Å². The molecular formula is C21H48O8P2. The summed E-state index contributed by atoms with van der Waals surface area (Å²) in [5, 5.41) is 0. The van der Waals surface area contributed by atoms with E-state index >= 15 is 0 Å². The Morgan fingerprint density at radius 2 is 0.613 bits per heavy atom. The molecule has 0 saturated carbocycles. The van der Waals surface area contributed by atoms with Crippen molar-refractivity contribution >= 4 is 15.6 Å². The molecule has 0 unspecified atom stereocenters. The Hall–Kier alpha value is 0.220. The third kappa shape index (κ3) is 21.8. The van der Waals surface area contributed by atoms with E-state index in [4.69, 9.17) is 27.1 Å². The van der Waals surface area contributed by atoms with Crippen molar-refractivity contribution in [1.29, 1.82) is 0 Å². The Morgan fingerprint density at radius 3 is 0.806 bits per heavy atom. The summed E-state index contributed by atoms with van der Waals surface area (Å²) in [7, 11) is -6.58. The fourth-order valence-corrected chi connectivity index (χ4v) is 4.52. The van der Waals surface area contributed by atoms with Crippen LogP contribution in [0.1, 0.15) is 99.3 Å². The second-order valence-corrected chi connectivity index (χ2v) is 10.3. The minimum absolute atomic E-state index is 0.410. The highest BCUT2D eigenvalue weighted by molar-refractivity contribution is 7.48. The maximum absolute atomic E-state index is 12.1. The molecule has 0 bridgehead atoms. The van der Waals surface area contributed by atoms with E-state index in [9.17, 15) is 9.13 Å². The highest BCUT2D eigenvalue weighted by Gasteiger charge is 2.26. The lowest BCUT2D eigenvalue weighted by Gasteiger charge is -2.17. The molecule has 0 saturated heterocycles. The topological polar surface area (TPSA) is 89.5 Å². The zero-order valence-corrected chi connectivity index (χ0v) is 22.6. The Bertz CT molecular complexity index is 437. The fourth-order valence-electron chi connectivity index (χ4n) is 1.79. The van der Waals surface area contributed by atoms with Crippen LogP contribution in [0.5, 0.6) is 0 Å². The van der Waals surface area contributed by atoms with Gasteiger partial charge < -0.3 is 0 Å². The van der Waals surface area contributed by atoms with Crippen LogP contribution in [0.2, 0.25) is 0 Å². The third-order valence-corrected chi connectivity index (χ3v) is 6.60. The van der Waals surface area contributed by atoms with Gasteiger partial charge >= 0.3 is 15.6 Å². The number of hydrogen-bond acceptors (Lipinski definition) is 8. The molecule has 10 heteroatoms. The van der Waals surface area contributed by atoms with Gasteiger partial charge in [0.1, 0.15) is 0 Å². The molecule has 0 heterocycles. The van der Waals surface area contributed by atoms with Crippen molar-refractivity contribution < 1.29 is 36.3 Å². The zero-order chi connectivity index (χ0) is 23.8. The largest absolute Gasteiger partial charge is 0.474 e. The van der Waals surface area contributed by atoms with E-state index in [0.717, 1.165) is 57.8 Å². The van der Waals surface area contributed by atoms with Gasteiger partial charge in [-0.05, 0) is 38.5 Å². The predicted molar refractivity (Wildman–Crippen MR) is 127 cm³/mol. The maximum atomic E-state index is 12.1. The molecule has 0 aliphatic heterocycles. The number of phosphoric acid groups is 2. The quantitative estimate of drug-likeness (QED) is 0.118. The van der Waals surface area contributed by atoms with Crippen LogP contribution in [0.3, 0.4) is 0 Å². The first-order valence-electron chi connectivity index (χ1n) is 11.9. The minimum Gasteiger partial charge on any atom is -0.287 e. The SMILES string of the molecule is CCCCOP(=O)(OCCC)OCCC.CCCCOP(=O)(OCCC)OCCCC. The van der Waals surface area contributed by atoms with Crippen molar-refractivity contribution in [2.24, 2.45) is 0 Å². The van der Waals surface area contributed by atoms with E-state index in [-0.39, 0.29) is 0 Å². The molecular weight excluding hydrogens is 442 g/mol. The summed E-state index contributed by atoms with van der Waals surface area (Å²) in [6, 6.07) is 0. The first kappa shape index (κ1) is 33.4. The van der Waals surface area contributed by atoms with E-state index in [1.54, 1.807) is 0 Å². The zero-order valence-electron chi connectivity index (χ0n) is 20.8. The lowest BCUT2D eigenvalue weighted by atomic mass is 10.4. The molecule has 0 radical (unpaired) electrons. The van der Waals surface area contributed by atoms with Crippen LogP contribution in [0, 0.1) is 0 Å². The number of phosphoric ester groups is 2. The van der Waals surface area contributed by atoms with Crippen LogP contribution in [0.4, 0.5) is 0 Å². The fraction of sp³-hybridized carbons (Fsp3) is 1.00. The molecule has 0 amide bonds. The van der Waals surface area contributed by atoms with Gasteiger partial charge in [-0.3, -0.25) is 27.1 Å². The molecule has 0 aliphatic rings. The predicted octanol–water partition coefficient (Wildman–Crippen LogP) is 7.92. The van der Waals surface area contributed by atoms with Gasteiger partial charge in [-0.15, -0.1) is 0 Å². The highest BCUT2D eigenvalue weighted by Crippen LogP contribution is 2.50. The molecule has 0 N–H and O–H groups in total. The third-order valence-electron chi connectivity index (χ3n) is 3.60. The summed E-state index contributed by atoms with van der Waals surface area (Å²) >= 11 is 0. The lowest BCUT2D eigenvalue weighted by Crippen LogP contribution is -2.03. The van der Waals surface area contributed by atoms with Crippen molar-refractivity contribution in [3.8, 4) is 0 Å². The molecule has 0 atom stereocenters. The number of rotatable bonds is 21. The Labute approximate surface area is 191 Å². The van der Waals surface area contributed by atoms with Gasteiger partial charge in [0.05, 0.1) is 39.6 Å².